The number of ether oxygens (including phenoxy) is 1. The summed E-state index contributed by atoms with van der Waals surface area (Å²) < 4.78 is 7.51. The predicted molar refractivity (Wildman–Crippen MR) is 101 cm³/mol. The van der Waals surface area contributed by atoms with Crippen molar-refractivity contribution in [2.24, 2.45) is 0 Å². The van der Waals surface area contributed by atoms with Crippen LogP contribution in [0.1, 0.15) is 34.1 Å². The van der Waals surface area contributed by atoms with Crippen LogP contribution in [-0.4, -0.2) is 17.1 Å². The molecule has 0 N–H and O–H groups in total. The topological polar surface area (TPSA) is 31.2 Å². The average Bonchev–Trinajstić information content (AvgIpc) is 2.87. The molecule has 3 aromatic rings. The van der Waals surface area contributed by atoms with E-state index in [9.17, 15) is 4.79 Å². The maximum absolute atomic E-state index is 12.5. The van der Waals surface area contributed by atoms with E-state index in [1.807, 2.05) is 57.2 Å². The van der Waals surface area contributed by atoms with Crippen molar-refractivity contribution < 1.29 is 9.53 Å². The van der Waals surface area contributed by atoms with Crippen LogP contribution >= 0.6 is 0 Å². The summed E-state index contributed by atoms with van der Waals surface area (Å²) in [5.74, 6) is -0.249. The lowest BCUT2D eigenvalue weighted by atomic mass is 10.1. The molecule has 3 heteroatoms. The summed E-state index contributed by atoms with van der Waals surface area (Å²) in [4.78, 5) is 12.5. The van der Waals surface area contributed by atoms with Crippen molar-refractivity contribution in [1.82, 2.24) is 4.57 Å². The first-order valence-corrected chi connectivity index (χ1v) is 8.59. The van der Waals surface area contributed by atoms with Gasteiger partial charge in [-0.1, -0.05) is 60.7 Å². The van der Waals surface area contributed by atoms with E-state index in [0.29, 0.717) is 12.2 Å². The minimum absolute atomic E-state index is 0.249. The second-order valence-electron chi connectivity index (χ2n) is 6.09. The van der Waals surface area contributed by atoms with E-state index >= 15 is 0 Å². The van der Waals surface area contributed by atoms with Gasteiger partial charge in [-0.3, -0.25) is 0 Å². The molecule has 0 saturated carbocycles. The largest absolute Gasteiger partial charge is 0.462 e. The lowest BCUT2D eigenvalue weighted by molar-refractivity contribution is 0.0524. The van der Waals surface area contributed by atoms with Crippen LogP contribution < -0.4 is 0 Å². The van der Waals surface area contributed by atoms with E-state index < -0.39 is 0 Å². The first-order chi connectivity index (χ1) is 12.1. The van der Waals surface area contributed by atoms with Gasteiger partial charge in [-0.15, -0.1) is 0 Å². The highest BCUT2D eigenvalue weighted by atomic mass is 16.5. The van der Waals surface area contributed by atoms with Crippen molar-refractivity contribution in [1.29, 1.82) is 0 Å². The summed E-state index contributed by atoms with van der Waals surface area (Å²) in [5, 5.41) is 0. The molecule has 128 valence electrons. The fourth-order valence-electron chi connectivity index (χ4n) is 3.33. The molecule has 0 radical (unpaired) electrons. The molecule has 0 atom stereocenters. The number of aromatic nitrogens is 1. The van der Waals surface area contributed by atoms with Crippen LogP contribution in [0.3, 0.4) is 0 Å². The summed E-state index contributed by atoms with van der Waals surface area (Å²) in [7, 11) is 0. The van der Waals surface area contributed by atoms with Crippen molar-refractivity contribution in [3.8, 4) is 11.3 Å². The van der Waals surface area contributed by atoms with Crippen molar-refractivity contribution in [3.63, 3.8) is 0 Å². The zero-order valence-corrected chi connectivity index (χ0v) is 15.0. The second kappa shape index (κ2) is 7.39. The van der Waals surface area contributed by atoms with Crippen LogP contribution in [-0.2, 0) is 11.3 Å². The molecule has 0 bridgehead atoms. The molecule has 0 spiro atoms. The molecule has 0 aliphatic carbocycles. The number of hydrogen-bond donors (Lipinski definition) is 0. The van der Waals surface area contributed by atoms with Crippen molar-refractivity contribution in [3.05, 3.63) is 83.0 Å². The normalized spacial score (nSPS) is 10.7. The first-order valence-electron chi connectivity index (χ1n) is 8.59. The molecule has 2 aromatic carbocycles. The van der Waals surface area contributed by atoms with Crippen LogP contribution in [0.2, 0.25) is 0 Å². The molecule has 1 heterocycles. The van der Waals surface area contributed by atoms with Gasteiger partial charge in [0.25, 0.3) is 0 Å². The molecule has 0 amide bonds. The lowest BCUT2D eigenvalue weighted by Gasteiger charge is -2.13. The van der Waals surface area contributed by atoms with Crippen LogP contribution in [0, 0.1) is 13.8 Å². The van der Waals surface area contributed by atoms with Crippen LogP contribution in [0.5, 0.6) is 0 Å². The molecule has 0 aliphatic rings. The Morgan fingerprint density at radius 2 is 1.56 bits per heavy atom. The van der Waals surface area contributed by atoms with Gasteiger partial charge in [0.05, 0.1) is 17.9 Å². The summed E-state index contributed by atoms with van der Waals surface area (Å²) >= 11 is 0. The van der Waals surface area contributed by atoms with E-state index in [1.165, 1.54) is 5.56 Å². The van der Waals surface area contributed by atoms with E-state index in [0.717, 1.165) is 29.1 Å². The van der Waals surface area contributed by atoms with Crippen molar-refractivity contribution in [2.75, 3.05) is 6.61 Å². The number of rotatable bonds is 5. The Labute approximate surface area is 148 Å². The third kappa shape index (κ3) is 3.36. The van der Waals surface area contributed by atoms with E-state index in [1.54, 1.807) is 0 Å². The maximum Gasteiger partial charge on any atom is 0.340 e. The average molecular weight is 333 g/mol. The Morgan fingerprint density at radius 3 is 2.16 bits per heavy atom. The second-order valence-corrected chi connectivity index (χ2v) is 6.09. The summed E-state index contributed by atoms with van der Waals surface area (Å²) in [6.45, 7) is 6.93. The number of carbonyl (C=O) groups excluding carboxylic acids is 1. The number of nitrogens with zero attached hydrogens (tertiary/aromatic N) is 1. The number of benzene rings is 2. The molecule has 0 unspecified atom stereocenters. The fourth-order valence-corrected chi connectivity index (χ4v) is 3.33. The molecule has 1 aromatic heterocycles. The highest BCUT2D eigenvalue weighted by Crippen LogP contribution is 2.32. The molecular formula is C22H23NO2. The van der Waals surface area contributed by atoms with Gasteiger partial charge in [-0.25, -0.2) is 4.79 Å². The van der Waals surface area contributed by atoms with Gasteiger partial charge >= 0.3 is 5.97 Å². The van der Waals surface area contributed by atoms with Gasteiger partial charge in [0.1, 0.15) is 0 Å². The van der Waals surface area contributed by atoms with Gasteiger partial charge in [-0.05, 0) is 37.5 Å². The minimum atomic E-state index is -0.249. The van der Waals surface area contributed by atoms with E-state index in [2.05, 4.69) is 28.8 Å². The van der Waals surface area contributed by atoms with Crippen molar-refractivity contribution >= 4 is 5.97 Å². The summed E-state index contributed by atoms with van der Waals surface area (Å²) in [6.07, 6.45) is 0. The van der Waals surface area contributed by atoms with Crippen LogP contribution in [0.4, 0.5) is 0 Å². The Morgan fingerprint density at radius 1 is 0.960 bits per heavy atom. The molecule has 0 aliphatic heterocycles. The minimum Gasteiger partial charge on any atom is -0.462 e. The Kier molecular flexibility index (Phi) is 5.03. The Bertz CT molecular complexity index is 864. The van der Waals surface area contributed by atoms with Gasteiger partial charge < -0.3 is 9.30 Å². The number of carbonyl (C=O) groups is 1. The van der Waals surface area contributed by atoms with Gasteiger partial charge in [0.15, 0.2) is 0 Å². The number of hydrogen-bond acceptors (Lipinski definition) is 2. The highest BCUT2D eigenvalue weighted by molar-refractivity contribution is 5.95. The third-order valence-electron chi connectivity index (χ3n) is 4.48. The third-order valence-corrected chi connectivity index (χ3v) is 4.48. The molecule has 3 rings (SSSR count). The molecule has 0 saturated heterocycles. The molecule has 3 nitrogen and oxygen atoms in total. The smallest absolute Gasteiger partial charge is 0.340 e. The zero-order valence-electron chi connectivity index (χ0n) is 15.0. The summed E-state index contributed by atoms with van der Waals surface area (Å²) in [6, 6.07) is 20.5. The van der Waals surface area contributed by atoms with Crippen LogP contribution in [0.25, 0.3) is 11.3 Å². The van der Waals surface area contributed by atoms with Gasteiger partial charge in [0.2, 0.25) is 0 Å². The molecular weight excluding hydrogens is 310 g/mol. The Hall–Kier alpha value is -2.81. The lowest BCUT2D eigenvalue weighted by Crippen LogP contribution is -2.08. The highest BCUT2D eigenvalue weighted by Gasteiger charge is 2.24. The predicted octanol–water partition coefficient (Wildman–Crippen LogP) is 5.00. The standard InChI is InChI=1S/C22H23NO2/c1-4-25-22(24)20-16(2)21(19-13-9-6-10-14-19)23(17(20)3)15-18-11-7-5-8-12-18/h5-14H,4,15H2,1-3H3. The molecule has 25 heavy (non-hydrogen) atoms. The van der Waals surface area contributed by atoms with E-state index in [-0.39, 0.29) is 5.97 Å². The van der Waals surface area contributed by atoms with Gasteiger partial charge in [0, 0.05) is 12.2 Å². The first kappa shape index (κ1) is 17.0. The maximum atomic E-state index is 12.5. The fraction of sp³-hybridized carbons (Fsp3) is 0.227. The van der Waals surface area contributed by atoms with Gasteiger partial charge in [-0.2, -0.15) is 0 Å². The zero-order chi connectivity index (χ0) is 17.8. The quantitative estimate of drug-likeness (QED) is 0.616. The SMILES string of the molecule is CCOC(=O)c1c(C)c(-c2ccccc2)n(Cc2ccccc2)c1C. The molecule has 0 fully saturated rings. The monoisotopic (exact) mass is 333 g/mol. The van der Waals surface area contributed by atoms with Crippen molar-refractivity contribution in [2.45, 2.75) is 27.3 Å². The number of esters is 1. The van der Waals surface area contributed by atoms with Crippen LogP contribution in [0.15, 0.2) is 60.7 Å². The van der Waals surface area contributed by atoms with E-state index in [4.69, 9.17) is 4.74 Å². The summed E-state index contributed by atoms with van der Waals surface area (Å²) in [5.41, 5.74) is 5.97. The Balaban J connectivity index is 2.17.